The third kappa shape index (κ3) is 4.54. The molecule has 0 unspecified atom stereocenters. The molecule has 0 aliphatic rings. The summed E-state index contributed by atoms with van der Waals surface area (Å²) in [5.74, 6) is -2.28. The molecule has 35 heavy (non-hydrogen) atoms. The van der Waals surface area contributed by atoms with Crippen molar-refractivity contribution in [1.29, 1.82) is 0 Å². The number of rotatable bonds is 6. The Balaban J connectivity index is 1.93. The molecule has 2 heterocycles. The lowest BCUT2D eigenvalue weighted by Crippen LogP contribution is -2.13. The van der Waals surface area contributed by atoms with E-state index in [9.17, 15) is 24.9 Å². The largest absolute Gasteiger partial charge is 0.508 e. The van der Waals surface area contributed by atoms with E-state index in [2.05, 4.69) is 4.98 Å². The summed E-state index contributed by atoms with van der Waals surface area (Å²) in [6, 6.07) is 8.70. The molecule has 180 valence electrons. The van der Waals surface area contributed by atoms with Gasteiger partial charge in [-0.3, -0.25) is 14.2 Å². The Kier molecular flexibility index (Phi) is 7.16. The summed E-state index contributed by atoms with van der Waals surface area (Å²) in [5.41, 5.74) is -0.757. The topological polar surface area (TPSA) is 125 Å². The van der Waals surface area contributed by atoms with Crippen LogP contribution >= 0.6 is 69.4 Å². The number of nitrogens with zero attached hydrogens (tertiary/aromatic N) is 1. The number of nitrogens with one attached hydrogen (secondary N) is 1. The molecule has 0 atom stereocenters. The van der Waals surface area contributed by atoms with Crippen molar-refractivity contribution in [2.24, 2.45) is 0 Å². The molecule has 0 fully saturated rings. The summed E-state index contributed by atoms with van der Waals surface area (Å²) >= 11 is 26.8. The molecule has 0 aliphatic carbocycles. The fourth-order valence-corrected chi connectivity index (χ4v) is 4.49. The normalized spacial score (nSPS) is 11.0. The van der Waals surface area contributed by atoms with Crippen molar-refractivity contribution < 1.29 is 28.0 Å². The number of carbonyl (C=O) groups excluding carboxylic acids is 2. The first-order valence-electron chi connectivity index (χ1n) is 9.42. The maximum absolute atomic E-state index is 13.4. The fourth-order valence-electron chi connectivity index (χ4n) is 3.39. The number of phenols is 3. The number of aromatic nitrogens is 2. The molecule has 13 heteroatoms. The summed E-state index contributed by atoms with van der Waals surface area (Å²) < 4.78 is 6.13. The number of aromatic hydroxyl groups is 3. The summed E-state index contributed by atoms with van der Waals surface area (Å²) in [5, 5.41) is 29.6. The maximum Gasteiger partial charge on any atom is 0.215 e. The van der Waals surface area contributed by atoms with Gasteiger partial charge in [0.25, 0.3) is 0 Å². The molecule has 2 aromatic heterocycles. The van der Waals surface area contributed by atoms with Crippen molar-refractivity contribution in [3.05, 3.63) is 85.3 Å². The molecule has 4 rings (SSSR count). The molecule has 0 bridgehead atoms. The van der Waals surface area contributed by atoms with Crippen LogP contribution in [0.3, 0.4) is 0 Å². The van der Waals surface area contributed by atoms with Crippen LogP contribution in [0.5, 0.6) is 23.0 Å². The first kappa shape index (κ1) is 25.5. The lowest BCUT2D eigenvalue weighted by atomic mass is 10.0. The highest BCUT2D eigenvalue weighted by molar-refractivity contribution is 14.1. The quantitative estimate of drug-likeness (QED) is 0.134. The minimum Gasteiger partial charge on any atom is -0.508 e. The van der Waals surface area contributed by atoms with Crippen LogP contribution in [-0.2, 0) is 0 Å². The van der Waals surface area contributed by atoms with Gasteiger partial charge in [0.1, 0.15) is 44.0 Å². The van der Waals surface area contributed by atoms with Gasteiger partial charge in [0, 0.05) is 12.1 Å². The minimum absolute atomic E-state index is 0.0407. The molecule has 0 spiro atoms. The second kappa shape index (κ2) is 9.82. The van der Waals surface area contributed by atoms with Crippen LogP contribution in [0.2, 0.25) is 20.4 Å². The number of phenolic OH excluding ortho intramolecular Hbond substituents is 3. The lowest BCUT2D eigenvalue weighted by molar-refractivity contribution is 0.101. The van der Waals surface area contributed by atoms with Gasteiger partial charge in [0.15, 0.2) is 23.0 Å². The van der Waals surface area contributed by atoms with Crippen LogP contribution in [0.1, 0.15) is 32.1 Å². The molecule has 4 aromatic rings. The van der Waals surface area contributed by atoms with E-state index in [-0.39, 0.29) is 60.1 Å². The van der Waals surface area contributed by atoms with Gasteiger partial charge in [-0.15, -0.1) is 0 Å². The number of benzene rings is 2. The number of hydrogen-bond donors (Lipinski definition) is 4. The van der Waals surface area contributed by atoms with Crippen LogP contribution < -0.4 is 3.07 Å². The Labute approximate surface area is 231 Å². The molecule has 0 saturated heterocycles. The van der Waals surface area contributed by atoms with Crippen molar-refractivity contribution >= 4 is 81.0 Å². The van der Waals surface area contributed by atoms with E-state index in [1.165, 1.54) is 36.4 Å². The summed E-state index contributed by atoms with van der Waals surface area (Å²) in [6.07, 6.45) is 0. The SMILES string of the molecule is O=C(c1ccc(O)cc1O)c1[nH]c(Cl)c(Cl)c1-n1c(C(=O)c2ccc(OI)cc2O)cc(Cl)c1Cl. The molecule has 0 radical (unpaired) electrons. The van der Waals surface area contributed by atoms with Crippen molar-refractivity contribution in [3.8, 4) is 28.7 Å². The number of halogens is 5. The van der Waals surface area contributed by atoms with Crippen LogP contribution in [-0.4, -0.2) is 36.4 Å². The Morgan fingerprint density at radius 2 is 1.51 bits per heavy atom. The molecular weight excluding hydrogens is 657 g/mol. The van der Waals surface area contributed by atoms with Gasteiger partial charge < -0.3 is 23.4 Å². The van der Waals surface area contributed by atoms with E-state index in [1.807, 2.05) is 0 Å². The van der Waals surface area contributed by atoms with Crippen molar-refractivity contribution in [2.75, 3.05) is 0 Å². The Morgan fingerprint density at radius 1 is 0.886 bits per heavy atom. The molecule has 0 aliphatic heterocycles. The van der Waals surface area contributed by atoms with Crippen molar-refractivity contribution in [1.82, 2.24) is 9.55 Å². The highest BCUT2D eigenvalue weighted by Crippen LogP contribution is 2.40. The highest BCUT2D eigenvalue weighted by Gasteiger charge is 2.31. The molecule has 8 nitrogen and oxygen atoms in total. The maximum atomic E-state index is 13.4. The summed E-state index contributed by atoms with van der Waals surface area (Å²) in [4.78, 5) is 29.4. The third-order valence-electron chi connectivity index (χ3n) is 4.98. The highest BCUT2D eigenvalue weighted by atomic mass is 127. The smallest absolute Gasteiger partial charge is 0.215 e. The molecular formula is C22H11Cl4IN2O6. The van der Waals surface area contributed by atoms with Crippen molar-refractivity contribution in [3.63, 3.8) is 0 Å². The zero-order valence-electron chi connectivity index (χ0n) is 16.9. The molecule has 0 amide bonds. The number of H-pyrrole nitrogens is 1. The van der Waals surface area contributed by atoms with Crippen LogP contribution in [0.15, 0.2) is 42.5 Å². The minimum atomic E-state index is -0.767. The third-order valence-corrected chi connectivity index (χ3v) is 7.00. The Morgan fingerprint density at radius 3 is 2.14 bits per heavy atom. The lowest BCUT2D eigenvalue weighted by Gasteiger charge is -2.13. The van der Waals surface area contributed by atoms with Crippen LogP contribution in [0.4, 0.5) is 0 Å². The van der Waals surface area contributed by atoms with Gasteiger partial charge in [0.2, 0.25) is 11.6 Å². The van der Waals surface area contributed by atoms with Gasteiger partial charge >= 0.3 is 0 Å². The predicted octanol–water partition coefficient (Wildman–Crippen LogP) is 6.73. The molecule has 0 saturated carbocycles. The molecule has 2 aromatic carbocycles. The number of ketones is 2. The van der Waals surface area contributed by atoms with E-state index < -0.39 is 17.3 Å². The predicted molar refractivity (Wildman–Crippen MR) is 140 cm³/mol. The average Bonchev–Trinajstić information content (AvgIpc) is 3.27. The van der Waals surface area contributed by atoms with E-state index >= 15 is 0 Å². The summed E-state index contributed by atoms with van der Waals surface area (Å²) in [6.45, 7) is 0. The van der Waals surface area contributed by atoms with Gasteiger partial charge in [-0.1, -0.05) is 46.4 Å². The monoisotopic (exact) mass is 666 g/mol. The second-order valence-corrected chi connectivity index (χ2v) is 9.06. The first-order chi connectivity index (χ1) is 16.5. The van der Waals surface area contributed by atoms with E-state index in [0.29, 0.717) is 5.75 Å². The standard InChI is InChI=1S/C22H11Cl4IN2O6/c23-12-7-13(19(33)10-4-2-9(35-27)6-15(10)32)29(22(12)26)18-16(24)21(25)28-17(18)20(34)11-3-1-8(30)5-14(11)31/h1-7,28,30-32H. The second-order valence-electron chi connectivity index (χ2n) is 7.10. The average molecular weight is 668 g/mol. The van der Waals surface area contributed by atoms with Crippen LogP contribution in [0.25, 0.3) is 5.69 Å². The van der Waals surface area contributed by atoms with Crippen molar-refractivity contribution in [2.45, 2.75) is 0 Å². The van der Waals surface area contributed by atoms with Gasteiger partial charge in [0.05, 0.1) is 27.5 Å². The van der Waals surface area contributed by atoms with E-state index in [0.717, 1.165) is 10.6 Å². The van der Waals surface area contributed by atoms with E-state index in [4.69, 9.17) is 49.5 Å². The Hall–Kier alpha value is -2.57. The van der Waals surface area contributed by atoms with Gasteiger partial charge in [-0.25, -0.2) is 0 Å². The Bertz CT molecular complexity index is 1510. The zero-order valence-corrected chi connectivity index (χ0v) is 22.1. The molecule has 4 N–H and O–H groups in total. The number of aromatic amines is 1. The summed E-state index contributed by atoms with van der Waals surface area (Å²) in [7, 11) is 0. The zero-order chi connectivity index (χ0) is 25.6. The van der Waals surface area contributed by atoms with Gasteiger partial charge in [-0.2, -0.15) is 0 Å². The number of carbonyl (C=O) groups is 2. The fraction of sp³-hybridized carbons (Fsp3) is 0. The van der Waals surface area contributed by atoms with E-state index in [1.54, 1.807) is 23.0 Å². The first-order valence-corrected chi connectivity index (χ1v) is 11.8. The number of hydrogen-bond acceptors (Lipinski definition) is 6. The van der Waals surface area contributed by atoms with Crippen LogP contribution in [0, 0.1) is 0 Å². The van der Waals surface area contributed by atoms with Gasteiger partial charge in [-0.05, 0) is 30.3 Å².